The van der Waals surface area contributed by atoms with Crippen molar-refractivity contribution in [2.75, 3.05) is 11.9 Å². The Bertz CT molecular complexity index is 769. The van der Waals surface area contributed by atoms with Crippen LogP contribution in [-0.2, 0) is 54.2 Å². The molecular formula is C17H17AuN3O2S2-2. The second-order valence-electron chi connectivity index (χ2n) is 5.30. The minimum Gasteiger partial charge on any atom is -0.794 e. The van der Waals surface area contributed by atoms with Crippen LogP contribution in [0.2, 0.25) is 0 Å². The van der Waals surface area contributed by atoms with Gasteiger partial charge in [-0.05, 0) is 30.2 Å². The molecule has 0 amide bonds. The fraction of sp³-hybridized carbons (Fsp3) is 0.235. The van der Waals surface area contributed by atoms with Crippen molar-refractivity contribution in [3.8, 4) is 0 Å². The van der Waals surface area contributed by atoms with E-state index in [-0.39, 0.29) is 28.1 Å². The zero-order valence-corrected chi connectivity index (χ0v) is 17.5. The molecule has 8 heteroatoms. The van der Waals surface area contributed by atoms with E-state index in [1.165, 1.54) is 6.07 Å². The van der Waals surface area contributed by atoms with E-state index in [0.717, 1.165) is 22.5 Å². The zero-order chi connectivity index (χ0) is 17.7. The standard InChI is InChI=1S/C17H19N3O2S2.Au/c1-12(14-6-4-7-15(10-14)19(2)17(23)24)18-11-13-5-3-8-16(9-13)20(21)22;/h3-10,17,23-24H,11H2,1-2H3;/p-2. The molecule has 0 aliphatic heterocycles. The maximum Gasteiger partial charge on any atom is 0.269 e. The van der Waals surface area contributed by atoms with Gasteiger partial charge in [0, 0.05) is 53.0 Å². The molecule has 0 heterocycles. The number of aliphatic imine (C=N–C) groups is 1. The van der Waals surface area contributed by atoms with Crippen LogP contribution in [0.3, 0.4) is 0 Å². The van der Waals surface area contributed by atoms with Gasteiger partial charge in [0.05, 0.1) is 11.5 Å². The van der Waals surface area contributed by atoms with Gasteiger partial charge in [-0.1, -0.05) is 24.3 Å². The summed E-state index contributed by atoms with van der Waals surface area (Å²) in [7, 11) is 1.86. The summed E-state index contributed by atoms with van der Waals surface area (Å²) < 4.78 is -0.414. The number of anilines is 1. The summed E-state index contributed by atoms with van der Waals surface area (Å²) in [6, 6.07) is 14.3. The van der Waals surface area contributed by atoms with Crippen LogP contribution in [0.25, 0.3) is 0 Å². The molecule has 137 valence electrons. The molecule has 1 radical (unpaired) electrons. The van der Waals surface area contributed by atoms with Crippen LogP contribution in [0, 0.1) is 10.1 Å². The molecule has 0 aliphatic rings. The van der Waals surface area contributed by atoms with Crippen molar-refractivity contribution < 1.29 is 27.3 Å². The smallest absolute Gasteiger partial charge is 0.269 e. The summed E-state index contributed by atoms with van der Waals surface area (Å²) in [5.74, 6) is 0. The summed E-state index contributed by atoms with van der Waals surface area (Å²) in [5, 5.41) is 10.8. The second kappa shape index (κ2) is 10.0. The van der Waals surface area contributed by atoms with Crippen LogP contribution in [0.1, 0.15) is 18.1 Å². The summed E-state index contributed by atoms with van der Waals surface area (Å²) in [6.45, 7) is 2.30. The summed E-state index contributed by atoms with van der Waals surface area (Å²) >= 11 is 10.2. The first-order chi connectivity index (χ1) is 11.4. The van der Waals surface area contributed by atoms with E-state index < -0.39 is 9.63 Å². The summed E-state index contributed by atoms with van der Waals surface area (Å²) in [5.41, 5.74) is 3.63. The summed E-state index contributed by atoms with van der Waals surface area (Å²) in [6.07, 6.45) is 0. The first-order valence-corrected chi connectivity index (χ1v) is 8.22. The molecule has 2 aromatic rings. The molecule has 0 aromatic heterocycles. The molecule has 0 bridgehead atoms. The van der Waals surface area contributed by atoms with Gasteiger partial charge in [-0.25, -0.2) is 4.71 Å². The van der Waals surface area contributed by atoms with Crippen molar-refractivity contribution in [2.24, 2.45) is 4.99 Å². The van der Waals surface area contributed by atoms with E-state index >= 15 is 0 Å². The molecular weight excluding hydrogens is 539 g/mol. The Balaban J connectivity index is 0.00000312. The predicted molar refractivity (Wildman–Crippen MR) is 102 cm³/mol. The molecule has 5 nitrogen and oxygen atoms in total. The molecule has 0 aliphatic carbocycles. The van der Waals surface area contributed by atoms with Gasteiger partial charge in [-0.15, -0.1) is 0 Å². The molecule has 0 saturated heterocycles. The largest absolute Gasteiger partial charge is 0.794 e. The van der Waals surface area contributed by atoms with E-state index in [4.69, 9.17) is 25.3 Å². The van der Waals surface area contributed by atoms with Gasteiger partial charge in [0.2, 0.25) is 0 Å². The Morgan fingerprint density at radius 1 is 1.24 bits per heavy atom. The van der Waals surface area contributed by atoms with E-state index in [1.807, 2.05) is 49.2 Å². The average molecular weight is 556 g/mol. The van der Waals surface area contributed by atoms with Crippen LogP contribution in [0.4, 0.5) is 11.4 Å². The van der Waals surface area contributed by atoms with Gasteiger partial charge in [0.1, 0.15) is 0 Å². The van der Waals surface area contributed by atoms with E-state index in [2.05, 4.69) is 4.99 Å². The van der Waals surface area contributed by atoms with Crippen LogP contribution >= 0.6 is 0 Å². The number of hydrogen-bond acceptors (Lipinski definition) is 6. The number of nitro groups is 1. The number of benzene rings is 2. The summed E-state index contributed by atoms with van der Waals surface area (Å²) in [4.78, 5) is 16.8. The predicted octanol–water partition coefficient (Wildman–Crippen LogP) is 3.42. The Hall–Kier alpha value is -1.25. The Morgan fingerprint density at radius 2 is 1.92 bits per heavy atom. The fourth-order valence-electron chi connectivity index (χ4n) is 2.14. The molecule has 0 unspecified atom stereocenters. The van der Waals surface area contributed by atoms with Crippen molar-refractivity contribution in [3.63, 3.8) is 0 Å². The monoisotopic (exact) mass is 556 g/mol. The van der Waals surface area contributed by atoms with Gasteiger partial charge >= 0.3 is 0 Å². The van der Waals surface area contributed by atoms with Gasteiger partial charge in [0.15, 0.2) is 0 Å². The normalized spacial score (nSPS) is 11.2. The van der Waals surface area contributed by atoms with Crippen LogP contribution in [0.15, 0.2) is 53.5 Å². The molecule has 0 N–H and O–H groups in total. The number of non-ortho nitro benzene ring substituents is 1. The topological polar surface area (TPSA) is 58.7 Å². The number of nitro benzene ring substituents is 1. The molecule has 0 atom stereocenters. The molecule has 25 heavy (non-hydrogen) atoms. The van der Waals surface area contributed by atoms with Crippen molar-refractivity contribution in [1.82, 2.24) is 0 Å². The van der Waals surface area contributed by atoms with Gasteiger partial charge in [0.25, 0.3) is 5.69 Å². The third-order valence-corrected chi connectivity index (χ3v) is 4.24. The van der Waals surface area contributed by atoms with E-state index in [9.17, 15) is 10.1 Å². The minimum absolute atomic E-state index is 0. The van der Waals surface area contributed by atoms with Gasteiger partial charge < -0.3 is 30.2 Å². The van der Waals surface area contributed by atoms with E-state index in [0.29, 0.717) is 6.54 Å². The Kier molecular flexibility index (Phi) is 8.75. The second-order valence-corrected chi connectivity index (χ2v) is 6.49. The van der Waals surface area contributed by atoms with Crippen molar-refractivity contribution in [2.45, 2.75) is 18.2 Å². The molecule has 0 fully saturated rings. The van der Waals surface area contributed by atoms with Gasteiger partial charge in [-0.2, -0.15) is 0 Å². The number of rotatable bonds is 6. The zero-order valence-electron chi connectivity index (χ0n) is 13.7. The molecule has 2 aromatic carbocycles. The van der Waals surface area contributed by atoms with Crippen LogP contribution in [0.5, 0.6) is 0 Å². The van der Waals surface area contributed by atoms with Crippen molar-refractivity contribution >= 4 is 42.3 Å². The maximum absolute atomic E-state index is 10.8. The third kappa shape index (κ3) is 6.20. The van der Waals surface area contributed by atoms with E-state index in [1.54, 1.807) is 12.1 Å². The number of nitrogens with zero attached hydrogens (tertiary/aromatic N) is 3. The third-order valence-electron chi connectivity index (χ3n) is 3.61. The number of hydrogen-bond donors (Lipinski definition) is 0. The van der Waals surface area contributed by atoms with Gasteiger partial charge in [-0.3, -0.25) is 15.1 Å². The molecule has 2 rings (SSSR count). The van der Waals surface area contributed by atoms with Crippen LogP contribution < -0.4 is 4.90 Å². The first kappa shape index (κ1) is 21.8. The quantitative estimate of drug-likeness (QED) is 0.180. The molecule has 0 spiro atoms. The first-order valence-electron chi connectivity index (χ1n) is 7.28. The minimum atomic E-state index is -0.414. The maximum atomic E-state index is 10.8. The molecule has 0 saturated carbocycles. The fourth-order valence-corrected chi connectivity index (χ4v) is 2.39. The van der Waals surface area contributed by atoms with Crippen molar-refractivity contribution in [1.29, 1.82) is 0 Å². The van der Waals surface area contributed by atoms with Crippen molar-refractivity contribution in [3.05, 3.63) is 69.8 Å². The Morgan fingerprint density at radius 3 is 2.56 bits per heavy atom. The average Bonchev–Trinajstić information content (AvgIpc) is 2.59. The SMILES string of the molecule is CC(=NCc1cccc([N+](=O)[O-])c1)c1cccc(N(C)C([S-])[S-])c1.[Au]. The van der Waals surface area contributed by atoms with Crippen LogP contribution in [-0.4, -0.2) is 22.4 Å². The Labute approximate surface area is 174 Å².